The molecule has 0 spiro atoms. The van der Waals surface area contributed by atoms with Gasteiger partial charge < -0.3 is 20.7 Å². The van der Waals surface area contributed by atoms with Gasteiger partial charge in [-0.3, -0.25) is 0 Å². The number of carbonyl (C=O) groups is 1. The molecule has 6 nitrogen and oxygen atoms in total. The maximum Gasteiger partial charge on any atom is 0.354 e. The maximum absolute atomic E-state index is 10.8. The molecule has 0 fully saturated rings. The second kappa shape index (κ2) is 3.82. The molecule has 0 radical (unpaired) electrons. The third-order valence-corrected chi connectivity index (χ3v) is 2.32. The van der Waals surface area contributed by atoms with E-state index in [9.17, 15) is 9.90 Å². The van der Waals surface area contributed by atoms with Gasteiger partial charge in [0.05, 0.1) is 7.11 Å². The normalized spacial score (nSPS) is 10.4. The van der Waals surface area contributed by atoms with E-state index in [1.54, 1.807) is 0 Å². The summed E-state index contributed by atoms with van der Waals surface area (Å²) in [4.78, 5) is 14.7. The molecule has 0 aliphatic heterocycles. The first-order chi connectivity index (χ1) is 8.02. The Bertz CT molecular complexity index is 610. The third-order valence-electron chi connectivity index (χ3n) is 2.32. The Morgan fingerprint density at radius 3 is 2.71 bits per heavy atom. The zero-order valence-electron chi connectivity index (χ0n) is 8.97. The van der Waals surface area contributed by atoms with E-state index in [2.05, 4.69) is 4.98 Å². The first-order valence-corrected chi connectivity index (χ1v) is 4.73. The number of aromatic nitrogens is 1. The van der Waals surface area contributed by atoms with E-state index in [0.29, 0.717) is 16.8 Å². The van der Waals surface area contributed by atoms with Crippen LogP contribution in [0.1, 0.15) is 10.5 Å². The first kappa shape index (κ1) is 11.0. The highest BCUT2D eigenvalue weighted by molar-refractivity contribution is 5.96. The zero-order chi connectivity index (χ0) is 12.6. The number of rotatable bonds is 2. The van der Waals surface area contributed by atoms with E-state index >= 15 is 0 Å². The van der Waals surface area contributed by atoms with Crippen molar-refractivity contribution >= 4 is 22.6 Å². The van der Waals surface area contributed by atoms with Crippen LogP contribution < -0.4 is 10.5 Å². The summed E-state index contributed by atoms with van der Waals surface area (Å²) >= 11 is 0. The fourth-order valence-corrected chi connectivity index (χ4v) is 1.56. The lowest BCUT2D eigenvalue weighted by Gasteiger charge is -2.08. The molecular weight excluding hydrogens is 224 g/mol. The fraction of sp³-hybridized carbons (Fsp3) is 0.0909. The number of nitrogens with two attached hydrogens (primary N) is 1. The molecule has 1 aromatic heterocycles. The largest absolute Gasteiger partial charge is 0.507 e. The number of anilines is 1. The van der Waals surface area contributed by atoms with Gasteiger partial charge in [0.1, 0.15) is 17.0 Å². The maximum atomic E-state index is 10.8. The molecule has 0 bridgehead atoms. The van der Waals surface area contributed by atoms with Crippen molar-refractivity contribution in [1.82, 2.24) is 4.98 Å². The Morgan fingerprint density at radius 2 is 2.12 bits per heavy atom. The van der Waals surface area contributed by atoms with Gasteiger partial charge in [-0.25, -0.2) is 9.78 Å². The van der Waals surface area contributed by atoms with Crippen molar-refractivity contribution in [3.05, 3.63) is 23.9 Å². The summed E-state index contributed by atoms with van der Waals surface area (Å²) in [6.45, 7) is 0. The zero-order valence-corrected chi connectivity index (χ0v) is 8.97. The Kier molecular flexibility index (Phi) is 2.47. The molecule has 17 heavy (non-hydrogen) atoms. The topological polar surface area (TPSA) is 106 Å². The number of carboxylic acids is 1. The Morgan fingerprint density at radius 1 is 1.41 bits per heavy atom. The van der Waals surface area contributed by atoms with Crippen molar-refractivity contribution in [2.45, 2.75) is 0 Å². The number of ether oxygens (including phenoxy) is 1. The Balaban J connectivity index is 2.86. The number of pyridine rings is 1. The van der Waals surface area contributed by atoms with Gasteiger partial charge in [0.2, 0.25) is 0 Å². The highest BCUT2D eigenvalue weighted by Crippen LogP contribution is 2.33. The molecule has 4 N–H and O–H groups in total. The van der Waals surface area contributed by atoms with E-state index in [-0.39, 0.29) is 17.0 Å². The molecule has 0 saturated carbocycles. The molecule has 0 atom stereocenters. The molecule has 2 aromatic rings. The molecule has 1 heterocycles. The number of carboxylic acid groups (broad SMARTS) is 1. The number of hydrogen-bond donors (Lipinski definition) is 3. The molecular formula is C11H10N2O4. The van der Waals surface area contributed by atoms with Crippen molar-refractivity contribution in [2.75, 3.05) is 12.8 Å². The number of hydrogen-bond acceptors (Lipinski definition) is 5. The van der Waals surface area contributed by atoms with Gasteiger partial charge in [-0.1, -0.05) is 0 Å². The molecule has 0 aliphatic carbocycles. The number of nitrogens with zero attached hydrogens (tertiary/aromatic N) is 1. The third kappa shape index (κ3) is 1.80. The number of fused-ring (bicyclic) bond motifs is 1. The van der Waals surface area contributed by atoms with Crippen LogP contribution in [-0.4, -0.2) is 28.3 Å². The van der Waals surface area contributed by atoms with Crippen LogP contribution in [0.15, 0.2) is 18.2 Å². The molecule has 0 amide bonds. The lowest BCUT2D eigenvalue weighted by atomic mass is 10.1. The van der Waals surface area contributed by atoms with Gasteiger partial charge in [0.15, 0.2) is 5.69 Å². The van der Waals surface area contributed by atoms with E-state index in [4.69, 9.17) is 15.6 Å². The van der Waals surface area contributed by atoms with E-state index < -0.39 is 5.97 Å². The minimum absolute atomic E-state index is 0.196. The number of methoxy groups -OCH3 is 1. The van der Waals surface area contributed by atoms with Gasteiger partial charge in [0, 0.05) is 23.2 Å². The minimum Gasteiger partial charge on any atom is -0.507 e. The molecule has 1 aromatic carbocycles. The van der Waals surface area contributed by atoms with Gasteiger partial charge in [-0.2, -0.15) is 0 Å². The fourth-order valence-electron chi connectivity index (χ4n) is 1.56. The van der Waals surface area contributed by atoms with Crippen LogP contribution >= 0.6 is 0 Å². The summed E-state index contributed by atoms with van der Waals surface area (Å²) in [5.74, 6) is -1.10. The molecule has 6 heteroatoms. The molecule has 0 unspecified atom stereocenters. The van der Waals surface area contributed by atoms with Crippen LogP contribution in [0.25, 0.3) is 10.9 Å². The highest BCUT2D eigenvalue weighted by atomic mass is 16.5. The highest BCUT2D eigenvalue weighted by Gasteiger charge is 2.14. The lowest BCUT2D eigenvalue weighted by molar-refractivity contribution is 0.0690. The van der Waals surface area contributed by atoms with E-state index in [1.807, 2.05) is 0 Å². The first-order valence-electron chi connectivity index (χ1n) is 4.73. The predicted octanol–water partition coefficient (Wildman–Crippen LogP) is 1.23. The second-order valence-corrected chi connectivity index (χ2v) is 3.45. The van der Waals surface area contributed by atoms with E-state index in [0.717, 1.165) is 6.07 Å². The van der Waals surface area contributed by atoms with Crippen LogP contribution in [-0.2, 0) is 0 Å². The average molecular weight is 234 g/mol. The van der Waals surface area contributed by atoms with E-state index in [1.165, 1.54) is 19.2 Å². The van der Waals surface area contributed by atoms with Crippen molar-refractivity contribution in [3.63, 3.8) is 0 Å². The Hall–Kier alpha value is -2.50. The molecule has 2 rings (SSSR count). The van der Waals surface area contributed by atoms with Crippen LogP contribution in [0, 0.1) is 0 Å². The minimum atomic E-state index is -1.22. The molecule has 0 aliphatic rings. The smallest absolute Gasteiger partial charge is 0.354 e. The lowest BCUT2D eigenvalue weighted by Crippen LogP contribution is -2.01. The van der Waals surface area contributed by atoms with Gasteiger partial charge >= 0.3 is 5.97 Å². The van der Waals surface area contributed by atoms with Gasteiger partial charge in [0.25, 0.3) is 0 Å². The quantitative estimate of drug-likeness (QED) is 0.675. The molecule has 0 saturated heterocycles. The SMILES string of the molecule is COc1cc(N)cc2c(O)cc(C(=O)O)nc12. The van der Waals surface area contributed by atoms with Crippen molar-refractivity contribution in [2.24, 2.45) is 0 Å². The number of aromatic carboxylic acids is 1. The van der Waals surface area contributed by atoms with Crippen LogP contribution in [0.4, 0.5) is 5.69 Å². The van der Waals surface area contributed by atoms with Gasteiger partial charge in [-0.05, 0) is 6.07 Å². The number of nitrogen functional groups attached to an aromatic ring is 1. The van der Waals surface area contributed by atoms with Crippen LogP contribution in [0.3, 0.4) is 0 Å². The monoisotopic (exact) mass is 234 g/mol. The standard InChI is InChI=1S/C11H10N2O4/c1-17-9-3-5(12)2-6-8(14)4-7(11(15)16)13-10(6)9/h2-4H,12H2,1H3,(H,13,14)(H,15,16). The van der Waals surface area contributed by atoms with Crippen molar-refractivity contribution in [1.29, 1.82) is 0 Å². The summed E-state index contributed by atoms with van der Waals surface area (Å²) in [6, 6.07) is 4.09. The summed E-state index contributed by atoms with van der Waals surface area (Å²) in [5, 5.41) is 18.9. The summed E-state index contributed by atoms with van der Waals surface area (Å²) in [5.41, 5.74) is 6.04. The van der Waals surface area contributed by atoms with Crippen LogP contribution in [0.2, 0.25) is 0 Å². The Labute approximate surface area is 96.3 Å². The van der Waals surface area contributed by atoms with Crippen molar-refractivity contribution in [3.8, 4) is 11.5 Å². The second-order valence-electron chi connectivity index (χ2n) is 3.45. The summed E-state index contributed by atoms with van der Waals surface area (Å²) in [7, 11) is 1.42. The number of aromatic hydroxyl groups is 1. The average Bonchev–Trinajstić information content (AvgIpc) is 2.28. The summed E-state index contributed by atoms with van der Waals surface area (Å²) in [6.07, 6.45) is 0. The predicted molar refractivity (Wildman–Crippen MR) is 61.3 cm³/mol. The van der Waals surface area contributed by atoms with Crippen LogP contribution in [0.5, 0.6) is 11.5 Å². The molecule has 88 valence electrons. The van der Waals surface area contributed by atoms with Crippen molar-refractivity contribution < 1.29 is 19.7 Å². The van der Waals surface area contributed by atoms with Gasteiger partial charge in [-0.15, -0.1) is 0 Å². The summed E-state index contributed by atoms with van der Waals surface area (Å²) < 4.78 is 5.05. The number of benzene rings is 1.